The second-order valence-electron chi connectivity index (χ2n) is 4.60. The summed E-state index contributed by atoms with van der Waals surface area (Å²) in [6.07, 6.45) is 0. The van der Waals surface area contributed by atoms with E-state index in [9.17, 15) is 18.4 Å². The number of halogens is 2. The normalized spacial score (nSPS) is 12.9. The van der Waals surface area contributed by atoms with E-state index in [1.165, 1.54) is 12.1 Å². The molecule has 2 amide bonds. The molecule has 0 bridgehead atoms. The molecule has 5 nitrogen and oxygen atoms in total. The van der Waals surface area contributed by atoms with E-state index in [1.54, 1.807) is 12.1 Å². The molecule has 2 aromatic carbocycles. The van der Waals surface area contributed by atoms with Crippen molar-refractivity contribution in [2.24, 2.45) is 0 Å². The molecule has 0 aromatic heterocycles. The Kier molecular flexibility index (Phi) is 3.46. The van der Waals surface area contributed by atoms with Gasteiger partial charge in [-0.3, -0.25) is 9.59 Å². The molecule has 0 spiro atoms. The third kappa shape index (κ3) is 2.60. The van der Waals surface area contributed by atoms with E-state index in [2.05, 4.69) is 10.6 Å². The van der Waals surface area contributed by atoms with Crippen LogP contribution in [0.5, 0.6) is 5.75 Å². The van der Waals surface area contributed by atoms with E-state index in [0.29, 0.717) is 5.75 Å². The molecule has 0 fully saturated rings. The maximum absolute atomic E-state index is 13.2. The minimum absolute atomic E-state index is 0.101. The lowest BCUT2D eigenvalue weighted by Crippen LogP contribution is -2.27. The molecule has 0 radical (unpaired) electrons. The lowest BCUT2D eigenvalue weighted by atomic mass is 10.1. The predicted molar refractivity (Wildman–Crippen MR) is 74.9 cm³/mol. The molecule has 112 valence electrons. The molecule has 0 unspecified atom stereocenters. The third-order valence-electron chi connectivity index (χ3n) is 3.07. The SMILES string of the molecule is O=C1COc2cccc(C(=O)Nc3ccc(F)c(F)c3)c2N1. The summed E-state index contributed by atoms with van der Waals surface area (Å²) in [5.41, 5.74) is 0.513. The van der Waals surface area contributed by atoms with Gasteiger partial charge < -0.3 is 15.4 Å². The van der Waals surface area contributed by atoms with Gasteiger partial charge in [-0.25, -0.2) is 8.78 Å². The number of hydrogen-bond acceptors (Lipinski definition) is 3. The standard InChI is InChI=1S/C15H10F2N2O3/c16-10-5-4-8(6-11(10)17)18-15(21)9-2-1-3-12-14(9)19-13(20)7-22-12/h1-6H,7H2,(H,18,21)(H,19,20). The Morgan fingerprint density at radius 3 is 2.77 bits per heavy atom. The number of rotatable bonds is 2. The molecule has 2 N–H and O–H groups in total. The van der Waals surface area contributed by atoms with Crippen LogP contribution in [0.25, 0.3) is 0 Å². The number of hydrogen-bond donors (Lipinski definition) is 2. The van der Waals surface area contributed by atoms with Crippen LogP contribution in [0.15, 0.2) is 36.4 Å². The smallest absolute Gasteiger partial charge is 0.262 e. The molecule has 0 aliphatic carbocycles. The Labute approximate surface area is 123 Å². The minimum Gasteiger partial charge on any atom is -0.482 e. The third-order valence-corrected chi connectivity index (χ3v) is 3.07. The molecule has 1 heterocycles. The van der Waals surface area contributed by atoms with Crippen LogP contribution in [0.4, 0.5) is 20.2 Å². The first kappa shape index (κ1) is 14.0. The van der Waals surface area contributed by atoms with E-state index in [-0.39, 0.29) is 29.5 Å². The minimum atomic E-state index is -1.07. The number of amides is 2. The maximum atomic E-state index is 13.2. The van der Waals surface area contributed by atoms with Crippen LogP contribution in [0.2, 0.25) is 0 Å². The number of ether oxygens (including phenoxy) is 1. The lowest BCUT2D eigenvalue weighted by Gasteiger charge is -2.20. The molecule has 3 rings (SSSR count). The number of anilines is 2. The maximum Gasteiger partial charge on any atom is 0.262 e. The Hall–Kier alpha value is -2.96. The van der Waals surface area contributed by atoms with E-state index in [0.717, 1.165) is 12.1 Å². The highest BCUT2D eigenvalue weighted by molar-refractivity contribution is 6.11. The Bertz CT molecular complexity index is 777. The molecular formula is C15H10F2N2O3. The van der Waals surface area contributed by atoms with Crippen LogP contribution < -0.4 is 15.4 Å². The summed E-state index contributed by atoms with van der Waals surface area (Å²) < 4.78 is 31.2. The fourth-order valence-corrected chi connectivity index (χ4v) is 2.06. The van der Waals surface area contributed by atoms with Crippen molar-refractivity contribution in [2.75, 3.05) is 17.2 Å². The van der Waals surface area contributed by atoms with Gasteiger partial charge >= 0.3 is 0 Å². The van der Waals surface area contributed by atoms with Gasteiger partial charge in [-0.05, 0) is 24.3 Å². The van der Waals surface area contributed by atoms with Gasteiger partial charge in [0, 0.05) is 11.8 Å². The van der Waals surface area contributed by atoms with Gasteiger partial charge in [0.15, 0.2) is 18.2 Å². The predicted octanol–water partition coefficient (Wildman–Crippen LogP) is 2.55. The molecule has 0 atom stereocenters. The average Bonchev–Trinajstić information content (AvgIpc) is 2.50. The largest absolute Gasteiger partial charge is 0.482 e. The van der Waals surface area contributed by atoms with Crippen molar-refractivity contribution < 1.29 is 23.1 Å². The van der Waals surface area contributed by atoms with Gasteiger partial charge in [0.2, 0.25) is 0 Å². The van der Waals surface area contributed by atoms with Gasteiger partial charge in [0.1, 0.15) is 5.75 Å². The summed E-state index contributed by atoms with van der Waals surface area (Å²) in [6, 6.07) is 7.72. The van der Waals surface area contributed by atoms with Crippen molar-refractivity contribution in [2.45, 2.75) is 0 Å². The summed E-state index contributed by atoms with van der Waals surface area (Å²) in [7, 11) is 0. The highest BCUT2D eigenvalue weighted by atomic mass is 19.2. The Balaban J connectivity index is 1.89. The fraction of sp³-hybridized carbons (Fsp3) is 0.0667. The summed E-state index contributed by atoms with van der Waals surface area (Å²) >= 11 is 0. The van der Waals surface area contributed by atoms with Crippen molar-refractivity contribution in [3.63, 3.8) is 0 Å². The van der Waals surface area contributed by atoms with E-state index < -0.39 is 17.5 Å². The van der Waals surface area contributed by atoms with Crippen LogP contribution >= 0.6 is 0 Å². The van der Waals surface area contributed by atoms with Crippen molar-refractivity contribution >= 4 is 23.2 Å². The molecule has 2 aromatic rings. The molecular weight excluding hydrogens is 294 g/mol. The highest BCUT2D eigenvalue weighted by Crippen LogP contribution is 2.31. The number of carbonyl (C=O) groups is 2. The highest BCUT2D eigenvalue weighted by Gasteiger charge is 2.22. The van der Waals surface area contributed by atoms with E-state index in [4.69, 9.17) is 4.74 Å². The molecule has 7 heteroatoms. The summed E-state index contributed by atoms with van der Waals surface area (Å²) in [4.78, 5) is 23.6. The number of para-hydroxylation sites is 1. The molecule has 1 aliphatic heterocycles. The molecule has 0 saturated carbocycles. The van der Waals surface area contributed by atoms with Crippen molar-refractivity contribution in [1.82, 2.24) is 0 Å². The average molecular weight is 304 g/mol. The Morgan fingerprint density at radius 1 is 1.18 bits per heavy atom. The summed E-state index contributed by atoms with van der Waals surface area (Å²) in [5, 5.41) is 5.00. The first-order chi connectivity index (χ1) is 10.5. The van der Waals surface area contributed by atoms with Gasteiger partial charge in [0.05, 0.1) is 11.3 Å². The number of nitrogens with one attached hydrogen (secondary N) is 2. The van der Waals surface area contributed by atoms with Crippen LogP contribution in [0.3, 0.4) is 0 Å². The summed E-state index contributed by atoms with van der Waals surface area (Å²) in [5.74, 6) is -2.65. The van der Waals surface area contributed by atoms with Gasteiger partial charge in [0.25, 0.3) is 11.8 Å². The van der Waals surface area contributed by atoms with Crippen LogP contribution in [0, 0.1) is 11.6 Å². The zero-order valence-corrected chi connectivity index (χ0v) is 11.2. The molecule has 0 saturated heterocycles. The number of carbonyl (C=O) groups excluding carboxylic acids is 2. The van der Waals surface area contributed by atoms with Crippen LogP contribution in [0.1, 0.15) is 10.4 Å². The van der Waals surface area contributed by atoms with Gasteiger partial charge in [-0.2, -0.15) is 0 Å². The monoisotopic (exact) mass is 304 g/mol. The topological polar surface area (TPSA) is 67.4 Å². The number of fused-ring (bicyclic) bond motifs is 1. The van der Waals surface area contributed by atoms with Gasteiger partial charge in [-0.15, -0.1) is 0 Å². The van der Waals surface area contributed by atoms with Gasteiger partial charge in [-0.1, -0.05) is 6.07 Å². The van der Waals surface area contributed by atoms with Crippen molar-refractivity contribution in [3.8, 4) is 5.75 Å². The molecule has 22 heavy (non-hydrogen) atoms. The zero-order valence-electron chi connectivity index (χ0n) is 11.2. The fourth-order valence-electron chi connectivity index (χ4n) is 2.06. The second kappa shape index (κ2) is 5.44. The van der Waals surface area contributed by atoms with Crippen molar-refractivity contribution in [3.05, 3.63) is 53.6 Å². The zero-order chi connectivity index (χ0) is 15.7. The Morgan fingerprint density at radius 2 is 2.00 bits per heavy atom. The van der Waals surface area contributed by atoms with E-state index >= 15 is 0 Å². The second-order valence-corrected chi connectivity index (χ2v) is 4.60. The van der Waals surface area contributed by atoms with E-state index in [1.807, 2.05) is 0 Å². The first-order valence-electron chi connectivity index (χ1n) is 6.36. The quantitative estimate of drug-likeness (QED) is 0.896. The lowest BCUT2D eigenvalue weighted by molar-refractivity contribution is -0.118. The summed E-state index contributed by atoms with van der Waals surface area (Å²) in [6.45, 7) is -0.124. The van der Waals surface area contributed by atoms with Crippen molar-refractivity contribution in [1.29, 1.82) is 0 Å². The van der Waals surface area contributed by atoms with Crippen LogP contribution in [-0.2, 0) is 4.79 Å². The van der Waals surface area contributed by atoms with Crippen LogP contribution in [-0.4, -0.2) is 18.4 Å². The molecule has 1 aliphatic rings. The number of benzene rings is 2. The first-order valence-corrected chi connectivity index (χ1v) is 6.36.